The lowest BCUT2D eigenvalue weighted by Crippen LogP contribution is -2.52. The molecule has 0 radical (unpaired) electrons. The highest BCUT2D eigenvalue weighted by Crippen LogP contribution is 2.38. The minimum atomic E-state index is 0.706. The molecule has 0 aromatic heterocycles. The van der Waals surface area contributed by atoms with Gasteiger partial charge in [0.05, 0.1) is 6.61 Å². The van der Waals surface area contributed by atoms with Crippen molar-refractivity contribution in [3.8, 4) is 0 Å². The Labute approximate surface area is 119 Å². The van der Waals surface area contributed by atoms with Crippen LogP contribution in [-0.2, 0) is 4.74 Å². The fourth-order valence-corrected chi connectivity index (χ4v) is 3.62. The van der Waals surface area contributed by atoms with Gasteiger partial charge >= 0.3 is 0 Å². The van der Waals surface area contributed by atoms with E-state index < -0.39 is 0 Å². The van der Waals surface area contributed by atoms with Crippen molar-refractivity contribution in [3.05, 3.63) is 0 Å². The van der Waals surface area contributed by atoms with Gasteiger partial charge in [-0.3, -0.25) is 4.90 Å². The smallest absolute Gasteiger partial charge is 0.0589 e. The van der Waals surface area contributed by atoms with Gasteiger partial charge in [-0.05, 0) is 51.5 Å². The van der Waals surface area contributed by atoms with E-state index in [1.54, 1.807) is 0 Å². The zero-order valence-corrected chi connectivity index (χ0v) is 13.0. The van der Waals surface area contributed by atoms with E-state index in [1.165, 1.54) is 38.5 Å². The third-order valence-electron chi connectivity index (χ3n) is 4.94. The Balaban J connectivity index is 1.94. The molecule has 3 atom stereocenters. The molecule has 0 amide bonds. The third kappa shape index (κ3) is 4.17. The van der Waals surface area contributed by atoms with Crippen molar-refractivity contribution < 1.29 is 4.74 Å². The van der Waals surface area contributed by atoms with Gasteiger partial charge in [-0.2, -0.15) is 0 Å². The highest BCUT2D eigenvalue weighted by atomic mass is 16.5. The molecule has 0 heterocycles. The van der Waals surface area contributed by atoms with Crippen molar-refractivity contribution in [2.24, 2.45) is 5.92 Å². The summed E-state index contributed by atoms with van der Waals surface area (Å²) in [6, 6.07) is 2.18. The SMILES string of the molecule is CCCNC1CCCC1N(CCOC)C(C)C1CC1. The molecule has 0 aliphatic heterocycles. The first kappa shape index (κ1) is 15.3. The Kier molecular flexibility index (Phi) is 6.11. The molecule has 2 aliphatic rings. The summed E-state index contributed by atoms with van der Waals surface area (Å²) in [5.41, 5.74) is 0. The second-order valence-corrected chi connectivity index (χ2v) is 6.37. The molecular formula is C16H32N2O. The van der Waals surface area contributed by atoms with Crippen LogP contribution in [0.2, 0.25) is 0 Å². The van der Waals surface area contributed by atoms with Gasteiger partial charge in [0.1, 0.15) is 0 Å². The number of nitrogens with zero attached hydrogens (tertiary/aromatic N) is 1. The number of hydrogen-bond donors (Lipinski definition) is 1. The van der Waals surface area contributed by atoms with Gasteiger partial charge in [0.15, 0.2) is 0 Å². The molecule has 0 bridgehead atoms. The monoisotopic (exact) mass is 268 g/mol. The van der Waals surface area contributed by atoms with E-state index in [9.17, 15) is 0 Å². The van der Waals surface area contributed by atoms with Crippen molar-refractivity contribution in [2.75, 3.05) is 26.8 Å². The summed E-state index contributed by atoms with van der Waals surface area (Å²) in [5.74, 6) is 0.948. The molecule has 2 fully saturated rings. The summed E-state index contributed by atoms with van der Waals surface area (Å²) in [5, 5.41) is 3.77. The molecule has 0 spiro atoms. The molecule has 112 valence electrons. The van der Waals surface area contributed by atoms with Crippen molar-refractivity contribution in [1.82, 2.24) is 10.2 Å². The maximum Gasteiger partial charge on any atom is 0.0589 e. The number of methoxy groups -OCH3 is 1. The predicted molar refractivity (Wildman–Crippen MR) is 80.5 cm³/mol. The largest absolute Gasteiger partial charge is 0.383 e. The Hall–Kier alpha value is -0.120. The summed E-state index contributed by atoms with van der Waals surface area (Å²) < 4.78 is 5.34. The van der Waals surface area contributed by atoms with Crippen LogP contribution in [0.25, 0.3) is 0 Å². The van der Waals surface area contributed by atoms with Gasteiger partial charge < -0.3 is 10.1 Å². The van der Waals surface area contributed by atoms with Crippen LogP contribution >= 0.6 is 0 Å². The number of hydrogen-bond acceptors (Lipinski definition) is 3. The summed E-state index contributed by atoms with van der Waals surface area (Å²) in [6.07, 6.45) is 8.20. The molecular weight excluding hydrogens is 236 g/mol. The van der Waals surface area contributed by atoms with Gasteiger partial charge in [0.25, 0.3) is 0 Å². The molecule has 0 aromatic rings. The maximum absolute atomic E-state index is 5.34. The zero-order chi connectivity index (χ0) is 13.7. The molecule has 3 heteroatoms. The Bertz CT molecular complexity index is 255. The van der Waals surface area contributed by atoms with Crippen LogP contribution in [-0.4, -0.2) is 49.8 Å². The van der Waals surface area contributed by atoms with Crippen LogP contribution in [0.15, 0.2) is 0 Å². The topological polar surface area (TPSA) is 24.5 Å². The van der Waals surface area contributed by atoms with E-state index in [1.807, 2.05) is 7.11 Å². The van der Waals surface area contributed by atoms with Crippen LogP contribution in [0.1, 0.15) is 52.4 Å². The predicted octanol–water partition coefficient (Wildman–Crippen LogP) is 2.65. The Morgan fingerprint density at radius 3 is 2.68 bits per heavy atom. The van der Waals surface area contributed by atoms with Crippen LogP contribution in [0.3, 0.4) is 0 Å². The third-order valence-corrected chi connectivity index (χ3v) is 4.94. The quantitative estimate of drug-likeness (QED) is 0.696. The molecule has 3 nitrogen and oxygen atoms in total. The molecule has 3 unspecified atom stereocenters. The highest BCUT2D eigenvalue weighted by molar-refractivity contribution is 4.95. The van der Waals surface area contributed by atoms with Crippen LogP contribution in [0.4, 0.5) is 0 Å². The molecule has 2 saturated carbocycles. The zero-order valence-electron chi connectivity index (χ0n) is 13.0. The van der Waals surface area contributed by atoms with Crippen LogP contribution < -0.4 is 5.32 Å². The van der Waals surface area contributed by atoms with Gasteiger partial charge in [-0.15, -0.1) is 0 Å². The Morgan fingerprint density at radius 2 is 2.05 bits per heavy atom. The van der Waals surface area contributed by atoms with E-state index in [2.05, 4.69) is 24.1 Å². The summed E-state index contributed by atoms with van der Waals surface area (Å²) in [4.78, 5) is 2.75. The Morgan fingerprint density at radius 1 is 1.26 bits per heavy atom. The van der Waals surface area contributed by atoms with E-state index in [0.29, 0.717) is 6.04 Å². The normalized spacial score (nSPS) is 29.1. The van der Waals surface area contributed by atoms with Crippen molar-refractivity contribution >= 4 is 0 Å². The average molecular weight is 268 g/mol. The number of nitrogens with one attached hydrogen (secondary N) is 1. The molecule has 0 saturated heterocycles. The lowest BCUT2D eigenvalue weighted by atomic mass is 10.1. The van der Waals surface area contributed by atoms with Crippen LogP contribution in [0.5, 0.6) is 0 Å². The van der Waals surface area contributed by atoms with Gasteiger partial charge in [-0.1, -0.05) is 13.3 Å². The maximum atomic E-state index is 5.34. The summed E-state index contributed by atoms with van der Waals surface area (Å²) in [6.45, 7) is 7.82. The number of ether oxygens (including phenoxy) is 1. The minimum absolute atomic E-state index is 0.706. The van der Waals surface area contributed by atoms with Crippen molar-refractivity contribution in [1.29, 1.82) is 0 Å². The van der Waals surface area contributed by atoms with E-state index in [-0.39, 0.29) is 0 Å². The fraction of sp³-hybridized carbons (Fsp3) is 1.00. The standard InChI is InChI=1S/C16H32N2O/c1-4-10-17-15-6-5-7-16(15)18(11-12-19-3)13(2)14-8-9-14/h13-17H,4-12H2,1-3H3. The first-order chi connectivity index (χ1) is 9.27. The lowest BCUT2D eigenvalue weighted by molar-refractivity contribution is 0.0722. The van der Waals surface area contributed by atoms with Crippen LogP contribution in [0, 0.1) is 5.92 Å². The summed E-state index contributed by atoms with van der Waals surface area (Å²) >= 11 is 0. The first-order valence-electron chi connectivity index (χ1n) is 8.26. The molecule has 0 aromatic carbocycles. The van der Waals surface area contributed by atoms with Gasteiger partial charge in [-0.25, -0.2) is 0 Å². The second kappa shape index (κ2) is 7.61. The fourth-order valence-electron chi connectivity index (χ4n) is 3.62. The first-order valence-corrected chi connectivity index (χ1v) is 8.26. The minimum Gasteiger partial charge on any atom is -0.383 e. The molecule has 2 rings (SSSR count). The van der Waals surface area contributed by atoms with E-state index in [4.69, 9.17) is 4.74 Å². The highest BCUT2D eigenvalue weighted by Gasteiger charge is 2.39. The van der Waals surface area contributed by atoms with Gasteiger partial charge in [0, 0.05) is 31.8 Å². The number of rotatable bonds is 9. The average Bonchev–Trinajstić information content (AvgIpc) is 3.17. The van der Waals surface area contributed by atoms with E-state index in [0.717, 1.165) is 37.7 Å². The lowest BCUT2D eigenvalue weighted by Gasteiger charge is -2.38. The van der Waals surface area contributed by atoms with Crippen molar-refractivity contribution in [3.63, 3.8) is 0 Å². The van der Waals surface area contributed by atoms with Gasteiger partial charge in [0.2, 0.25) is 0 Å². The molecule has 2 aliphatic carbocycles. The van der Waals surface area contributed by atoms with Crippen molar-refractivity contribution in [2.45, 2.75) is 70.5 Å². The molecule has 19 heavy (non-hydrogen) atoms. The molecule has 1 N–H and O–H groups in total. The summed E-state index contributed by atoms with van der Waals surface area (Å²) in [7, 11) is 1.82. The second-order valence-electron chi connectivity index (χ2n) is 6.37. The van der Waals surface area contributed by atoms with E-state index >= 15 is 0 Å².